The van der Waals surface area contributed by atoms with E-state index < -0.39 is 23.4 Å². The normalized spacial score (nSPS) is 15.1. The van der Waals surface area contributed by atoms with Crippen molar-refractivity contribution >= 4 is 11.9 Å². The van der Waals surface area contributed by atoms with Crippen LogP contribution in [0.15, 0.2) is 53.7 Å². The Morgan fingerprint density at radius 1 is 1.23 bits per heavy atom. The van der Waals surface area contributed by atoms with Gasteiger partial charge in [0.15, 0.2) is 5.75 Å². The molecule has 0 bridgehead atoms. The summed E-state index contributed by atoms with van der Waals surface area (Å²) < 4.78 is 15.9. The van der Waals surface area contributed by atoms with E-state index in [4.69, 9.17) is 14.2 Å². The number of benzene rings is 1. The molecule has 1 aliphatic heterocycles. The molecular weight excluding hydrogens is 390 g/mol. The third-order valence-corrected chi connectivity index (χ3v) is 4.52. The van der Waals surface area contributed by atoms with E-state index in [0.717, 1.165) is 0 Å². The quantitative estimate of drug-likeness (QED) is 0.641. The fraction of sp³-hybridized carbons (Fsp3) is 0.190. The van der Waals surface area contributed by atoms with Crippen molar-refractivity contribution in [2.75, 3.05) is 6.61 Å². The molecule has 4 rings (SSSR count). The lowest BCUT2D eigenvalue weighted by Crippen LogP contribution is -2.30. The van der Waals surface area contributed by atoms with Gasteiger partial charge in [0, 0.05) is 24.5 Å². The molecule has 1 aliphatic rings. The maximum Gasteiger partial charge on any atom is 0.343 e. The van der Waals surface area contributed by atoms with Gasteiger partial charge in [-0.2, -0.15) is 0 Å². The number of esters is 2. The van der Waals surface area contributed by atoms with E-state index in [1.165, 1.54) is 6.20 Å². The number of aromatic amines is 1. The van der Waals surface area contributed by atoms with Crippen molar-refractivity contribution in [3.05, 3.63) is 76.0 Å². The maximum absolute atomic E-state index is 12.6. The molecule has 0 spiro atoms. The van der Waals surface area contributed by atoms with Gasteiger partial charge in [0.1, 0.15) is 11.3 Å². The molecule has 0 amide bonds. The van der Waals surface area contributed by atoms with E-state index >= 15 is 0 Å². The van der Waals surface area contributed by atoms with Crippen LogP contribution in [0.4, 0.5) is 0 Å². The van der Waals surface area contributed by atoms with Crippen LogP contribution >= 0.6 is 0 Å². The first-order valence-corrected chi connectivity index (χ1v) is 9.25. The molecule has 1 aromatic carbocycles. The molecule has 0 saturated carbocycles. The summed E-state index contributed by atoms with van der Waals surface area (Å²) in [5.74, 6) is -1.49. The molecule has 9 nitrogen and oxygen atoms in total. The second-order valence-electron chi connectivity index (χ2n) is 6.43. The van der Waals surface area contributed by atoms with Gasteiger partial charge in [0.2, 0.25) is 0 Å². The summed E-state index contributed by atoms with van der Waals surface area (Å²) in [5.41, 5.74) is 0.379. The van der Waals surface area contributed by atoms with Gasteiger partial charge in [-0.3, -0.25) is 9.59 Å². The van der Waals surface area contributed by atoms with Crippen LogP contribution in [0.5, 0.6) is 17.5 Å². The Hall–Kier alpha value is -4.01. The first-order chi connectivity index (χ1) is 14.6. The monoisotopic (exact) mass is 407 g/mol. The minimum atomic E-state index is -0.684. The summed E-state index contributed by atoms with van der Waals surface area (Å²) in [7, 11) is 0. The average Bonchev–Trinajstić information content (AvgIpc) is 2.74. The number of hydrogen-bond acceptors (Lipinski definition) is 8. The van der Waals surface area contributed by atoms with E-state index in [1.807, 2.05) is 0 Å². The molecule has 2 aromatic heterocycles. The van der Waals surface area contributed by atoms with Gasteiger partial charge in [0.05, 0.1) is 18.6 Å². The number of ether oxygens (including phenoxy) is 3. The fourth-order valence-electron chi connectivity index (χ4n) is 3.26. The Labute approximate surface area is 170 Å². The van der Waals surface area contributed by atoms with E-state index in [-0.39, 0.29) is 35.9 Å². The van der Waals surface area contributed by atoms with Gasteiger partial charge in [-0.1, -0.05) is 12.1 Å². The van der Waals surface area contributed by atoms with E-state index in [9.17, 15) is 14.4 Å². The van der Waals surface area contributed by atoms with Gasteiger partial charge >= 0.3 is 17.9 Å². The zero-order valence-corrected chi connectivity index (χ0v) is 16.0. The highest BCUT2D eigenvalue weighted by molar-refractivity contribution is 5.94. The van der Waals surface area contributed by atoms with E-state index in [0.29, 0.717) is 11.3 Å². The number of carbonyl (C=O) groups excluding carboxylic acids is 2. The van der Waals surface area contributed by atoms with Crippen molar-refractivity contribution < 1.29 is 23.8 Å². The zero-order chi connectivity index (χ0) is 21.1. The predicted molar refractivity (Wildman–Crippen MR) is 104 cm³/mol. The molecule has 9 heteroatoms. The fourth-order valence-corrected chi connectivity index (χ4v) is 3.26. The maximum atomic E-state index is 12.6. The van der Waals surface area contributed by atoms with Crippen molar-refractivity contribution in [3.63, 3.8) is 0 Å². The lowest BCUT2D eigenvalue weighted by Gasteiger charge is -2.25. The molecule has 0 aliphatic carbocycles. The average molecular weight is 407 g/mol. The number of H-pyrrole nitrogens is 1. The third kappa shape index (κ3) is 3.77. The van der Waals surface area contributed by atoms with Gasteiger partial charge in [-0.25, -0.2) is 14.8 Å². The third-order valence-electron chi connectivity index (χ3n) is 4.52. The Kier molecular flexibility index (Phi) is 5.25. The summed E-state index contributed by atoms with van der Waals surface area (Å²) in [5, 5.41) is 0. The molecule has 1 N–H and O–H groups in total. The Morgan fingerprint density at radius 3 is 2.80 bits per heavy atom. The predicted octanol–water partition coefficient (Wildman–Crippen LogP) is 2.57. The topological polar surface area (TPSA) is 120 Å². The lowest BCUT2D eigenvalue weighted by atomic mass is 9.86. The van der Waals surface area contributed by atoms with Gasteiger partial charge < -0.3 is 19.2 Å². The standard InChI is InChI=1S/C21H17N3O6/c1-2-28-20(27)15-11-24-19(26)17-14(10-16(25)30-18(15)17)12-5-3-6-13(9-12)29-21-22-7-4-8-23-21/h3-9,11,14H,2,10H2,1H3,(H,24,26). The van der Waals surface area contributed by atoms with Crippen molar-refractivity contribution in [1.29, 1.82) is 0 Å². The van der Waals surface area contributed by atoms with Crippen molar-refractivity contribution in [3.8, 4) is 17.5 Å². The number of nitrogens with zero attached hydrogens (tertiary/aromatic N) is 2. The van der Waals surface area contributed by atoms with Crippen LogP contribution in [0, 0.1) is 0 Å². The summed E-state index contributed by atoms with van der Waals surface area (Å²) in [6, 6.07) is 8.74. The molecular formula is C21H17N3O6. The van der Waals surface area contributed by atoms with Gasteiger partial charge in [-0.05, 0) is 30.7 Å². The van der Waals surface area contributed by atoms with Gasteiger partial charge in [-0.15, -0.1) is 0 Å². The zero-order valence-electron chi connectivity index (χ0n) is 16.0. The number of rotatable bonds is 5. The highest BCUT2D eigenvalue weighted by Crippen LogP contribution is 2.39. The molecule has 3 aromatic rings. The highest BCUT2D eigenvalue weighted by atomic mass is 16.5. The highest BCUT2D eigenvalue weighted by Gasteiger charge is 2.35. The Bertz CT molecular complexity index is 1160. The van der Waals surface area contributed by atoms with E-state index in [1.54, 1.807) is 49.6 Å². The van der Waals surface area contributed by atoms with Crippen LogP contribution in [0.3, 0.4) is 0 Å². The summed E-state index contributed by atoms with van der Waals surface area (Å²) in [4.78, 5) is 47.7. The SMILES string of the molecule is CCOC(=O)c1c[nH]c(=O)c2c1OC(=O)CC2c1cccc(Oc2ncccn2)c1. The molecule has 152 valence electrons. The van der Waals surface area contributed by atoms with Crippen LogP contribution in [0.2, 0.25) is 0 Å². The smallest absolute Gasteiger partial charge is 0.343 e. The van der Waals surface area contributed by atoms with Crippen molar-refractivity contribution in [1.82, 2.24) is 15.0 Å². The van der Waals surface area contributed by atoms with E-state index in [2.05, 4.69) is 15.0 Å². The number of carbonyl (C=O) groups is 2. The number of hydrogen-bond donors (Lipinski definition) is 1. The van der Waals surface area contributed by atoms with Gasteiger partial charge in [0.25, 0.3) is 5.56 Å². The second kappa shape index (κ2) is 8.16. The summed E-state index contributed by atoms with van der Waals surface area (Å²) in [6.45, 7) is 1.80. The first-order valence-electron chi connectivity index (χ1n) is 9.25. The van der Waals surface area contributed by atoms with Crippen LogP contribution in [-0.4, -0.2) is 33.5 Å². The largest absolute Gasteiger partial charge is 0.462 e. The van der Waals surface area contributed by atoms with Crippen molar-refractivity contribution in [2.45, 2.75) is 19.3 Å². The molecule has 3 heterocycles. The minimum Gasteiger partial charge on any atom is -0.462 e. The molecule has 1 atom stereocenters. The number of pyridine rings is 1. The number of nitrogens with one attached hydrogen (secondary N) is 1. The van der Waals surface area contributed by atoms with Crippen LogP contribution in [0.25, 0.3) is 0 Å². The Balaban J connectivity index is 1.76. The summed E-state index contributed by atoms with van der Waals surface area (Å²) in [6.07, 6.45) is 4.24. The molecule has 0 saturated heterocycles. The number of fused-ring (bicyclic) bond motifs is 1. The van der Waals surface area contributed by atoms with Crippen LogP contribution in [-0.2, 0) is 9.53 Å². The van der Waals surface area contributed by atoms with Crippen LogP contribution in [0.1, 0.15) is 40.7 Å². The molecule has 1 unspecified atom stereocenters. The molecule has 30 heavy (non-hydrogen) atoms. The second-order valence-corrected chi connectivity index (χ2v) is 6.43. The van der Waals surface area contributed by atoms with Crippen LogP contribution < -0.4 is 15.0 Å². The van der Waals surface area contributed by atoms with Crippen molar-refractivity contribution in [2.24, 2.45) is 0 Å². The minimum absolute atomic E-state index is 0.00501. The Morgan fingerprint density at radius 2 is 2.03 bits per heavy atom. The first kappa shape index (κ1) is 19.3. The molecule has 0 fully saturated rings. The molecule has 0 radical (unpaired) electrons. The summed E-state index contributed by atoms with van der Waals surface area (Å²) >= 11 is 0. The lowest BCUT2D eigenvalue weighted by molar-refractivity contribution is -0.135. The number of aromatic nitrogens is 3.